The van der Waals surface area contributed by atoms with Gasteiger partial charge in [0.15, 0.2) is 0 Å². The van der Waals surface area contributed by atoms with Crippen LogP contribution in [0.25, 0.3) is 0 Å². The average molecular weight is 316 g/mol. The Kier molecular flexibility index (Phi) is 5.56. The normalized spacial score (nSPS) is 14.3. The van der Waals surface area contributed by atoms with E-state index in [0.717, 1.165) is 22.4 Å². The molecule has 112 valence electrons. The summed E-state index contributed by atoms with van der Waals surface area (Å²) in [6.07, 6.45) is 4.54. The van der Waals surface area contributed by atoms with Gasteiger partial charge in [0, 0.05) is 13.2 Å². The topological polar surface area (TPSA) is 73.6 Å². The van der Waals surface area contributed by atoms with Gasteiger partial charge in [0.2, 0.25) is 0 Å². The number of thiophene rings is 1. The Hall–Kier alpha value is -0.920. The van der Waals surface area contributed by atoms with Gasteiger partial charge in [-0.1, -0.05) is 0 Å². The molecule has 0 spiro atoms. The molecular formula is C13H20N2O3S2. The molecule has 7 heteroatoms. The highest BCUT2D eigenvalue weighted by Crippen LogP contribution is 2.41. The zero-order valence-corrected chi connectivity index (χ0v) is 13.4. The molecule has 0 amide bonds. The largest absolute Gasteiger partial charge is 0.465 e. The van der Waals surface area contributed by atoms with Gasteiger partial charge >= 0.3 is 5.97 Å². The Morgan fingerprint density at radius 1 is 1.55 bits per heavy atom. The van der Waals surface area contributed by atoms with Crippen LogP contribution >= 0.6 is 23.1 Å². The molecule has 1 aliphatic rings. The zero-order chi connectivity index (χ0) is 14.5. The Balaban J connectivity index is 1.89. The van der Waals surface area contributed by atoms with E-state index in [4.69, 9.17) is 15.2 Å². The minimum absolute atomic E-state index is 0.388. The van der Waals surface area contributed by atoms with Crippen molar-refractivity contribution in [3.05, 3.63) is 4.88 Å². The van der Waals surface area contributed by atoms with Gasteiger partial charge in [-0.15, -0.1) is 23.1 Å². The Labute approximate surface area is 127 Å². The molecule has 0 radical (unpaired) electrons. The molecule has 0 aromatic carbocycles. The van der Waals surface area contributed by atoms with Gasteiger partial charge in [-0.25, -0.2) is 4.79 Å². The number of carbonyl (C=O) groups is 1. The highest BCUT2D eigenvalue weighted by atomic mass is 32.2. The van der Waals surface area contributed by atoms with E-state index in [9.17, 15) is 4.79 Å². The molecule has 3 N–H and O–H groups in total. The van der Waals surface area contributed by atoms with E-state index < -0.39 is 0 Å². The summed E-state index contributed by atoms with van der Waals surface area (Å²) in [6, 6.07) is 0. The van der Waals surface area contributed by atoms with Gasteiger partial charge in [-0.3, -0.25) is 0 Å². The maximum absolute atomic E-state index is 11.6. The SMILES string of the molecule is COC(=O)c1sc(NCCOCC2CC2)c(SC)c1N. The molecule has 1 aliphatic carbocycles. The second kappa shape index (κ2) is 7.19. The lowest BCUT2D eigenvalue weighted by Crippen LogP contribution is -2.10. The van der Waals surface area contributed by atoms with Gasteiger partial charge in [0.1, 0.15) is 9.88 Å². The Morgan fingerprint density at radius 3 is 2.90 bits per heavy atom. The minimum Gasteiger partial charge on any atom is -0.465 e. The van der Waals surface area contributed by atoms with Crippen molar-refractivity contribution in [2.75, 3.05) is 44.2 Å². The molecule has 5 nitrogen and oxygen atoms in total. The minimum atomic E-state index is -0.388. The van der Waals surface area contributed by atoms with E-state index in [2.05, 4.69) is 5.32 Å². The fourth-order valence-corrected chi connectivity index (χ4v) is 3.74. The number of rotatable bonds is 8. The number of nitrogens with two attached hydrogens (primary N) is 1. The van der Waals surface area contributed by atoms with Crippen molar-refractivity contribution in [2.24, 2.45) is 5.92 Å². The van der Waals surface area contributed by atoms with Gasteiger partial charge < -0.3 is 20.5 Å². The number of anilines is 2. The molecule has 0 atom stereocenters. The predicted molar refractivity (Wildman–Crippen MR) is 83.9 cm³/mol. The highest BCUT2D eigenvalue weighted by molar-refractivity contribution is 7.99. The van der Waals surface area contributed by atoms with E-state index in [0.29, 0.717) is 23.7 Å². The lowest BCUT2D eigenvalue weighted by molar-refractivity contribution is 0.0607. The monoisotopic (exact) mass is 316 g/mol. The number of nitrogen functional groups attached to an aromatic ring is 1. The molecule has 1 aromatic rings. The van der Waals surface area contributed by atoms with Crippen molar-refractivity contribution >= 4 is 39.8 Å². The molecule has 0 unspecified atom stereocenters. The molecule has 1 fully saturated rings. The van der Waals surface area contributed by atoms with E-state index in [1.54, 1.807) is 0 Å². The van der Waals surface area contributed by atoms with E-state index in [1.807, 2.05) is 6.26 Å². The second-order valence-electron chi connectivity index (χ2n) is 4.64. The summed E-state index contributed by atoms with van der Waals surface area (Å²) in [5.74, 6) is 0.390. The summed E-state index contributed by atoms with van der Waals surface area (Å²) in [6.45, 7) is 2.23. The standard InChI is InChI=1S/C13H20N2O3S2/c1-17-13(16)11-9(14)10(19-2)12(20-11)15-5-6-18-7-8-3-4-8/h8,15H,3-7,14H2,1-2H3. The van der Waals surface area contributed by atoms with Crippen molar-refractivity contribution in [2.45, 2.75) is 17.7 Å². The van der Waals surface area contributed by atoms with Crippen LogP contribution in [-0.4, -0.2) is 39.1 Å². The fraction of sp³-hybridized carbons (Fsp3) is 0.615. The fourth-order valence-electron chi connectivity index (χ4n) is 1.76. The first-order valence-electron chi connectivity index (χ1n) is 6.53. The van der Waals surface area contributed by atoms with Crippen LogP contribution in [0.1, 0.15) is 22.5 Å². The summed E-state index contributed by atoms with van der Waals surface area (Å²) >= 11 is 2.86. The molecule has 0 aliphatic heterocycles. The van der Waals surface area contributed by atoms with Crippen LogP contribution in [0.3, 0.4) is 0 Å². The van der Waals surface area contributed by atoms with Crippen LogP contribution < -0.4 is 11.1 Å². The van der Waals surface area contributed by atoms with Crippen molar-refractivity contribution in [1.29, 1.82) is 0 Å². The smallest absolute Gasteiger partial charge is 0.350 e. The maximum Gasteiger partial charge on any atom is 0.350 e. The lowest BCUT2D eigenvalue weighted by atomic mass is 10.4. The van der Waals surface area contributed by atoms with Gasteiger partial charge in [-0.2, -0.15) is 0 Å². The number of thioether (sulfide) groups is 1. The van der Waals surface area contributed by atoms with Crippen LogP contribution in [0.5, 0.6) is 0 Å². The second-order valence-corrected chi connectivity index (χ2v) is 6.48. The van der Waals surface area contributed by atoms with E-state index in [-0.39, 0.29) is 5.97 Å². The molecule has 20 heavy (non-hydrogen) atoms. The highest BCUT2D eigenvalue weighted by Gasteiger charge is 2.22. The quantitative estimate of drug-likeness (QED) is 0.436. The van der Waals surface area contributed by atoms with Crippen molar-refractivity contribution < 1.29 is 14.3 Å². The molecule has 0 saturated heterocycles. The van der Waals surface area contributed by atoms with E-state index >= 15 is 0 Å². The van der Waals surface area contributed by atoms with Crippen LogP contribution in [0.15, 0.2) is 4.90 Å². The molecule has 1 aromatic heterocycles. The number of hydrogen-bond donors (Lipinski definition) is 2. The van der Waals surface area contributed by atoms with Crippen molar-refractivity contribution in [3.8, 4) is 0 Å². The molecular weight excluding hydrogens is 296 g/mol. The zero-order valence-electron chi connectivity index (χ0n) is 11.7. The van der Waals surface area contributed by atoms with Crippen LogP contribution in [0.4, 0.5) is 10.7 Å². The molecule has 0 bridgehead atoms. The molecule has 1 saturated carbocycles. The Bertz CT molecular complexity index is 472. The molecule has 2 rings (SSSR count). The number of ether oxygens (including phenoxy) is 2. The summed E-state index contributed by atoms with van der Waals surface area (Å²) in [5.41, 5.74) is 6.48. The van der Waals surface area contributed by atoms with Gasteiger partial charge in [-0.05, 0) is 25.0 Å². The van der Waals surface area contributed by atoms with Crippen LogP contribution in [0, 0.1) is 5.92 Å². The third kappa shape index (κ3) is 3.80. The summed E-state index contributed by atoms with van der Waals surface area (Å²) < 4.78 is 10.3. The maximum atomic E-state index is 11.6. The number of methoxy groups -OCH3 is 1. The lowest BCUT2D eigenvalue weighted by Gasteiger charge is -2.06. The number of carbonyl (C=O) groups excluding carboxylic acids is 1. The number of nitrogens with one attached hydrogen (secondary N) is 1. The average Bonchev–Trinajstić information content (AvgIpc) is 3.21. The van der Waals surface area contributed by atoms with E-state index in [1.165, 1.54) is 43.1 Å². The first-order valence-corrected chi connectivity index (χ1v) is 8.57. The predicted octanol–water partition coefficient (Wildman–Crippen LogP) is 2.68. The number of esters is 1. The third-order valence-corrected chi connectivity index (χ3v) is 5.16. The Morgan fingerprint density at radius 2 is 2.30 bits per heavy atom. The van der Waals surface area contributed by atoms with Gasteiger partial charge in [0.05, 0.1) is 24.3 Å². The first kappa shape index (κ1) is 15.5. The first-order chi connectivity index (χ1) is 9.67. The summed E-state index contributed by atoms with van der Waals surface area (Å²) in [4.78, 5) is 13.0. The number of hydrogen-bond acceptors (Lipinski definition) is 7. The van der Waals surface area contributed by atoms with Crippen LogP contribution in [-0.2, 0) is 9.47 Å². The van der Waals surface area contributed by atoms with Crippen LogP contribution in [0.2, 0.25) is 0 Å². The summed E-state index contributed by atoms with van der Waals surface area (Å²) in [5, 5.41) is 4.19. The van der Waals surface area contributed by atoms with Gasteiger partial charge in [0.25, 0.3) is 0 Å². The summed E-state index contributed by atoms with van der Waals surface area (Å²) in [7, 11) is 1.36. The van der Waals surface area contributed by atoms with Crippen molar-refractivity contribution in [3.63, 3.8) is 0 Å². The van der Waals surface area contributed by atoms with Crippen molar-refractivity contribution in [1.82, 2.24) is 0 Å². The molecule has 1 heterocycles. The third-order valence-electron chi connectivity index (χ3n) is 3.06.